The number of anilines is 1. The van der Waals surface area contributed by atoms with Gasteiger partial charge in [0.25, 0.3) is 0 Å². The normalized spacial score (nSPS) is 14.2. The van der Waals surface area contributed by atoms with Gasteiger partial charge in [0.05, 0.1) is 29.6 Å². The van der Waals surface area contributed by atoms with E-state index in [0.717, 1.165) is 51.3 Å². The molecule has 0 spiro atoms. The van der Waals surface area contributed by atoms with Crippen LogP contribution in [-0.4, -0.2) is 58.9 Å². The van der Waals surface area contributed by atoms with Gasteiger partial charge in [-0.1, -0.05) is 41.2 Å². The third-order valence-electron chi connectivity index (χ3n) is 6.07. The number of piperazine rings is 1. The van der Waals surface area contributed by atoms with Crippen LogP contribution >= 0.6 is 11.3 Å². The monoisotopic (exact) mass is 461 g/mol. The van der Waals surface area contributed by atoms with E-state index in [1.54, 1.807) is 18.4 Å². The predicted molar refractivity (Wildman–Crippen MR) is 132 cm³/mol. The van der Waals surface area contributed by atoms with Crippen LogP contribution < -0.4 is 9.64 Å². The van der Waals surface area contributed by atoms with Crippen molar-refractivity contribution >= 4 is 32.7 Å². The highest BCUT2D eigenvalue weighted by Crippen LogP contribution is 2.33. The van der Waals surface area contributed by atoms with Crippen LogP contribution in [0.5, 0.6) is 5.75 Å². The van der Waals surface area contributed by atoms with Crippen molar-refractivity contribution in [1.82, 2.24) is 19.7 Å². The molecule has 0 N–H and O–H groups in total. The van der Waals surface area contributed by atoms with Crippen LogP contribution in [0.1, 0.15) is 16.8 Å². The van der Waals surface area contributed by atoms with Gasteiger partial charge in [-0.15, -0.1) is 0 Å². The van der Waals surface area contributed by atoms with Gasteiger partial charge >= 0.3 is 0 Å². The van der Waals surface area contributed by atoms with Crippen LogP contribution in [0.25, 0.3) is 16.0 Å². The smallest absolute Gasteiger partial charge is 0.227 e. The van der Waals surface area contributed by atoms with Crippen molar-refractivity contribution in [2.75, 3.05) is 38.2 Å². The topological polar surface area (TPSA) is 63.5 Å². The number of amides is 1. The van der Waals surface area contributed by atoms with Crippen molar-refractivity contribution in [1.29, 1.82) is 0 Å². The lowest BCUT2D eigenvalue weighted by Gasteiger charge is -2.34. The Kier molecular flexibility index (Phi) is 5.76. The average molecular weight is 462 g/mol. The highest BCUT2D eigenvalue weighted by Gasteiger charge is 2.25. The van der Waals surface area contributed by atoms with Crippen molar-refractivity contribution in [2.45, 2.75) is 20.3 Å². The van der Waals surface area contributed by atoms with Crippen molar-refractivity contribution in [3.63, 3.8) is 0 Å². The molecule has 5 rings (SSSR count). The van der Waals surface area contributed by atoms with Crippen molar-refractivity contribution in [3.05, 3.63) is 65.4 Å². The number of rotatable bonds is 5. The van der Waals surface area contributed by atoms with E-state index >= 15 is 0 Å². The second kappa shape index (κ2) is 8.86. The first-order valence-electron chi connectivity index (χ1n) is 11.1. The summed E-state index contributed by atoms with van der Waals surface area (Å²) < 4.78 is 8.24. The lowest BCUT2D eigenvalue weighted by Crippen LogP contribution is -2.49. The summed E-state index contributed by atoms with van der Waals surface area (Å²) in [7, 11) is 1.64. The third kappa shape index (κ3) is 4.30. The Labute approximate surface area is 197 Å². The molecule has 0 aliphatic carbocycles. The fourth-order valence-electron chi connectivity index (χ4n) is 4.10. The number of benzene rings is 2. The number of methoxy groups -OCH3 is 1. The van der Waals surface area contributed by atoms with E-state index in [-0.39, 0.29) is 5.91 Å². The summed E-state index contributed by atoms with van der Waals surface area (Å²) in [5.41, 5.74) is 5.13. The quantitative estimate of drug-likeness (QED) is 0.450. The van der Waals surface area contributed by atoms with Gasteiger partial charge < -0.3 is 14.5 Å². The zero-order valence-corrected chi connectivity index (χ0v) is 19.9. The highest BCUT2D eigenvalue weighted by molar-refractivity contribution is 7.22. The lowest BCUT2D eigenvalue weighted by molar-refractivity contribution is -0.130. The van der Waals surface area contributed by atoms with Gasteiger partial charge in [-0.3, -0.25) is 4.79 Å². The number of aryl methyl sites for hydroxylation is 2. The number of ether oxygens (including phenoxy) is 1. The summed E-state index contributed by atoms with van der Waals surface area (Å²) in [5.74, 6) is 0.964. The minimum absolute atomic E-state index is 0.162. The molecule has 1 fully saturated rings. The molecule has 3 heterocycles. The molecule has 2 aromatic heterocycles. The zero-order chi connectivity index (χ0) is 22.9. The molecule has 4 aromatic rings. The van der Waals surface area contributed by atoms with E-state index < -0.39 is 0 Å². The van der Waals surface area contributed by atoms with E-state index in [1.807, 2.05) is 40.8 Å². The fraction of sp³-hybridized carbons (Fsp3) is 0.320. The van der Waals surface area contributed by atoms with E-state index in [2.05, 4.69) is 36.1 Å². The molecule has 33 heavy (non-hydrogen) atoms. The van der Waals surface area contributed by atoms with Crippen LogP contribution in [0.4, 0.5) is 5.13 Å². The van der Waals surface area contributed by atoms with Crippen molar-refractivity contribution < 1.29 is 9.53 Å². The number of nitrogens with zero attached hydrogens (tertiary/aromatic N) is 5. The molecule has 1 aliphatic rings. The Morgan fingerprint density at radius 3 is 2.36 bits per heavy atom. The van der Waals surface area contributed by atoms with E-state index in [1.165, 1.54) is 5.56 Å². The third-order valence-corrected chi connectivity index (χ3v) is 7.29. The minimum Gasteiger partial charge on any atom is -0.497 e. The molecule has 1 aliphatic heterocycles. The maximum absolute atomic E-state index is 12.8. The maximum atomic E-state index is 12.8. The number of fused-ring (bicyclic) bond motifs is 1. The summed E-state index contributed by atoms with van der Waals surface area (Å²) >= 11 is 1.68. The van der Waals surface area contributed by atoms with Crippen molar-refractivity contribution in [2.24, 2.45) is 0 Å². The molecule has 0 saturated carbocycles. The molecular formula is C25H27N5O2S. The number of hydrogen-bond donors (Lipinski definition) is 0. The van der Waals surface area contributed by atoms with Gasteiger partial charge in [0.1, 0.15) is 5.75 Å². The Hall–Kier alpha value is -3.39. The molecule has 1 amide bonds. The summed E-state index contributed by atoms with van der Waals surface area (Å²) in [6.45, 7) is 7.08. The minimum atomic E-state index is 0.162. The SMILES string of the molecule is COc1ccc(CC(=O)N2CCN(c3nc4c(s3)c(C)nn4-c3ccc(C)cc3)CC2)cc1. The standard InChI is InChI=1S/C25H27N5O2S/c1-17-4-8-20(9-5-17)30-24-23(18(2)27-30)33-25(26-24)29-14-12-28(13-15-29)22(31)16-19-6-10-21(32-3)11-7-19/h4-11H,12-16H2,1-3H3. The highest BCUT2D eigenvalue weighted by atomic mass is 32.1. The van der Waals surface area contributed by atoms with Gasteiger partial charge in [-0.25, -0.2) is 4.68 Å². The molecular weight excluding hydrogens is 434 g/mol. The Balaban J connectivity index is 1.27. The van der Waals surface area contributed by atoms with E-state index in [0.29, 0.717) is 19.5 Å². The van der Waals surface area contributed by atoms with Gasteiger partial charge in [0.15, 0.2) is 10.8 Å². The Morgan fingerprint density at radius 1 is 1.00 bits per heavy atom. The number of hydrogen-bond acceptors (Lipinski definition) is 6. The second-order valence-electron chi connectivity index (χ2n) is 8.37. The van der Waals surface area contributed by atoms with Crippen LogP contribution in [-0.2, 0) is 11.2 Å². The average Bonchev–Trinajstić information content (AvgIpc) is 3.41. The lowest BCUT2D eigenvalue weighted by atomic mass is 10.1. The van der Waals surface area contributed by atoms with Gasteiger partial charge in [0, 0.05) is 26.2 Å². The van der Waals surface area contributed by atoms with Gasteiger partial charge in [-0.05, 0) is 43.7 Å². The predicted octanol–water partition coefficient (Wildman–Crippen LogP) is 4.00. The molecule has 8 heteroatoms. The van der Waals surface area contributed by atoms with Gasteiger partial charge in [-0.2, -0.15) is 10.1 Å². The Morgan fingerprint density at radius 2 is 1.70 bits per heavy atom. The van der Waals surface area contributed by atoms with Crippen LogP contribution in [0, 0.1) is 13.8 Å². The fourth-order valence-corrected chi connectivity index (χ4v) is 5.14. The number of carbonyl (C=O) groups is 1. The summed E-state index contributed by atoms with van der Waals surface area (Å²) in [6.07, 6.45) is 0.413. The summed E-state index contributed by atoms with van der Waals surface area (Å²) in [5, 5.41) is 5.70. The summed E-state index contributed by atoms with van der Waals surface area (Å²) in [6, 6.07) is 16.0. The first-order valence-corrected chi connectivity index (χ1v) is 11.9. The molecule has 0 atom stereocenters. The van der Waals surface area contributed by atoms with Crippen LogP contribution in [0.15, 0.2) is 48.5 Å². The van der Waals surface area contributed by atoms with Crippen LogP contribution in [0.3, 0.4) is 0 Å². The molecule has 170 valence electrons. The molecule has 7 nitrogen and oxygen atoms in total. The molecule has 2 aromatic carbocycles. The number of aromatic nitrogens is 3. The second-order valence-corrected chi connectivity index (χ2v) is 9.35. The summed E-state index contributed by atoms with van der Waals surface area (Å²) in [4.78, 5) is 22.0. The number of carbonyl (C=O) groups excluding carboxylic acids is 1. The maximum Gasteiger partial charge on any atom is 0.227 e. The molecule has 0 bridgehead atoms. The van der Waals surface area contributed by atoms with Gasteiger partial charge in [0.2, 0.25) is 5.91 Å². The van der Waals surface area contributed by atoms with E-state index in [9.17, 15) is 4.79 Å². The first kappa shape index (κ1) is 21.5. The largest absolute Gasteiger partial charge is 0.497 e. The molecule has 0 radical (unpaired) electrons. The van der Waals surface area contributed by atoms with E-state index in [4.69, 9.17) is 14.8 Å². The Bertz CT molecular complexity index is 1270. The zero-order valence-electron chi connectivity index (χ0n) is 19.1. The number of thiazole rings is 1. The first-order chi connectivity index (χ1) is 16.0. The van der Waals surface area contributed by atoms with Crippen molar-refractivity contribution in [3.8, 4) is 11.4 Å². The van der Waals surface area contributed by atoms with Crippen LogP contribution in [0.2, 0.25) is 0 Å². The molecule has 1 saturated heterocycles. The molecule has 0 unspecified atom stereocenters.